The third-order valence-corrected chi connectivity index (χ3v) is 3.23. The normalized spacial score (nSPS) is 10.8. The summed E-state index contributed by atoms with van der Waals surface area (Å²) in [4.78, 5) is 15.7. The molecule has 5 nitrogen and oxygen atoms in total. The molecule has 90 valence electrons. The Labute approximate surface area is 115 Å². The van der Waals surface area contributed by atoms with Crippen molar-refractivity contribution >= 4 is 50.7 Å². The van der Waals surface area contributed by atoms with Gasteiger partial charge in [-0.2, -0.15) is 5.10 Å². The van der Waals surface area contributed by atoms with Crippen molar-refractivity contribution in [1.82, 2.24) is 14.6 Å². The maximum Gasteiger partial charge on any atom is 0.358 e. The Morgan fingerprint density at radius 1 is 1.59 bits per heavy atom. The van der Waals surface area contributed by atoms with E-state index in [-0.39, 0.29) is 22.5 Å². The maximum atomic E-state index is 11.6. The van der Waals surface area contributed by atoms with E-state index >= 15 is 0 Å². The van der Waals surface area contributed by atoms with E-state index in [2.05, 4.69) is 26.0 Å². The molecule has 0 unspecified atom stereocenters. The number of hydrogen-bond acceptors (Lipinski definition) is 4. The highest BCUT2D eigenvalue weighted by Crippen LogP contribution is 2.27. The van der Waals surface area contributed by atoms with Crippen LogP contribution in [0.3, 0.4) is 0 Å². The Bertz CT molecular complexity index is 599. The first-order valence-electron chi connectivity index (χ1n) is 4.61. The standard InChI is InChI=1S/C9H6BrCl2N3O2/c1-2-17-9(16)6-4(10)3-15-8(13-6)5(11)7(12)14-15/h3H,2H2,1H3. The molecule has 2 aromatic heterocycles. The van der Waals surface area contributed by atoms with Gasteiger partial charge in [0.1, 0.15) is 5.02 Å². The number of esters is 1. The Hall–Kier alpha value is -0.850. The topological polar surface area (TPSA) is 56.5 Å². The summed E-state index contributed by atoms with van der Waals surface area (Å²) in [5.41, 5.74) is 0.445. The lowest BCUT2D eigenvalue weighted by molar-refractivity contribution is 0.0518. The summed E-state index contributed by atoms with van der Waals surface area (Å²) in [6.45, 7) is 1.99. The lowest BCUT2D eigenvalue weighted by Crippen LogP contribution is -2.09. The van der Waals surface area contributed by atoms with Gasteiger partial charge < -0.3 is 4.74 Å². The van der Waals surface area contributed by atoms with Crippen LogP contribution in [0.1, 0.15) is 17.4 Å². The van der Waals surface area contributed by atoms with Gasteiger partial charge in [-0.05, 0) is 22.9 Å². The molecule has 0 aliphatic rings. The van der Waals surface area contributed by atoms with Crippen molar-refractivity contribution in [2.24, 2.45) is 0 Å². The first-order chi connectivity index (χ1) is 8.04. The molecule has 8 heteroatoms. The van der Waals surface area contributed by atoms with Gasteiger partial charge in [-0.3, -0.25) is 0 Å². The number of ether oxygens (including phenoxy) is 1. The minimum absolute atomic E-state index is 0.132. The number of fused-ring (bicyclic) bond motifs is 1. The van der Waals surface area contributed by atoms with Crippen molar-refractivity contribution in [3.63, 3.8) is 0 Å². The fourth-order valence-electron chi connectivity index (χ4n) is 1.24. The molecule has 0 aromatic carbocycles. The van der Waals surface area contributed by atoms with Crippen molar-refractivity contribution in [2.75, 3.05) is 6.61 Å². The summed E-state index contributed by atoms with van der Waals surface area (Å²) in [7, 11) is 0. The molecule has 0 aliphatic heterocycles. The molecular formula is C9H6BrCl2N3O2. The number of rotatable bonds is 2. The summed E-state index contributed by atoms with van der Waals surface area (Å²) < 4.78 is 6.71. The zero-order chi connectivity index (χ0) is 12.6. The van der Waals surface area contributed by atoms with E-state index in [0.717, 1.165) is 0 Å². The highest BCUT2D eigenvalue weighted by Gasteiger charge is 2.18. The maximum absolute atomic E-state index is 11.6. The average molecular weight is 339 g/mol. The monoisotopic (exact) mass is 337 g/mol. The van der Waals surface area contributed by atoms with Gasteiger partial charge in [0.15, 0.2) is 16.5 Å². The molecule has 0 spiro atoms. The number of carbonyl (C=O) groups excluding carboxylic acids is 1. The molecule has 0 radical (unpaired) electrons. The van der Waals surface area contributed by atoms with E-state index in [9.17, 15) is 4.79 Å². The first-order valence-corrected chi connectivity index (χ1v) is 6.16. The third-order valence-electron chi connectivity index (χ3n) is 1.94. The molecule has 0 atom stereocenters. The van der Waals surface area contributed by atoms with Crippen molar-refractivity contribution in [2.45, 2.75) is 6.92 Å². The smallest absolute Gasteiger partial charge is 0.358 e. The second-order valence-electron chi connectivity index (χ2n) is 3.03. The van der Waals surface area contributed by atoms with Crippen LogP contribution in [0.5, 0.6) is 0 Å². The summed E-state index contributed by atoms with van der Waals surface area (Å²) in [6, 6.07) is 0. The van der Waals surface area contributed by atoms with Crippen LogP contribution in [0.25, 0.3) is 5.65 Å². The van der Waals surface area contributed by atoms with E-state index in [0.29, 0.717) is 10.1 Å². The van der Waals surface area contributed by atoms with Crippen LogP contribution in [-0.2, 0) is 4.74 Å². The molecule has 0 saturated heterocycles. The number of hydrogen-bond donors (Lipinski definition) is 0. The highest BCUT2D eigenvalue weighted by molar-refractivity contribution is 9.10. The van der Waals surface area contributed by atoms with Crippen molar-refractivity contribution in [1.29, 1.82) is 0 Å². The van der Waals surface area contributed by atoms with Gasteiger partial charge in [-0.15, -0.1) is 0 Å². The highest BCUT2D eigenvalue weighted by atomic mass is 79.9. The fourth-order valence-corrected chi connectivity index (χ4v) is 2.02. The van der Waals surface area contributed by atoms with E-state index < -0.39 is 5.97 Å². The molecule has 0 saturated carbocycles. The molecule has 0 N–H and O–H groups in total. The van der Waals surface area contributed by atoms with E-state index in [1.807, 2.05) is 0 Å². The Morgan fingerprint density at radius 3 is 2.94 bits per heavy atom. The fraction of sp³-hybridized carbons (Fsp3) is 0.222. The second kappa shape index (κ2) is 4.80. The van der Waals surface area contributed by atoms with Gasteiger partial charge >= 0.3 is 5.97 Å². The minimum atomic E-state index is -0.532. The first kappa shape index (κ1) is 12.6. The van der Waals surface area contributed by atoms with Crippen molar-refractivity contribution in [3.05, 3.63) is 26.5 Å². The van der Waals surface area contributed by atoms with Crippen LogP contribution < -0.4 is 0 Å². The van der Waals surface area contributed by atoms with Crippen LogP contribution >= 0.6 is 39.1 Å². The van der Waals surface area contributed by atoms with Crippen molar-refractivity contribution < 1.29 is 9.53 Å². The predicted octanol–water partition coefficient (Wildman–Crippen LogP) is 2.98. The number of carbonyl (C=O) groups is 1. The van der Waals surface area contributed by atoms with Crippen LogP contribution in [-0.4, -0.2) is 27.2 Å². The lowest BCUT2D eigenvalue weighted by atomic mass is 10.4. The Kier molecular flexibility index (Phi) is 3.56. The SMILES string of the molecule is CCOC(=O)c1nc2c(Cl)c(Cl)nn2cc1Br. The number of nitrogens with zero attached hydrogens (tertiary/aromatic N) is 3. The van der Waals surface area contributed by atoms with Gasteiger partial charge in [0.05, 0.1) is 11.1 Å². The molecule has 0 fully saturated rings. The zero-order valence-corrected chi connectivity index (χ0v) is 11.7. The van der Waals surface area contributed by atoms with Gasteiger partial charge in [0.25, 0.3) is 0 Å². The quantitative estimate of drug-likeness (QED) is 0.790. The molecule has 17 heavy (non-hydrogen) atoms. The van der Waals surface area contributed by atoms with Crippen LogP contribution in [0, 0.1) is 0 Å². The average Bonchev–Trinajstić information content (AvgIpc) is 2.53. The zero-order valence-electron chi connectivity index (χ0n) is 8.58. The molecule has 0 bridgehead atoms. The van der Waals surface area contributed by atoms with Crippen LogP contribution in [0.15, 0.2) is 10.7 Å². The van der Waals surface area contributed by atoms with Crippen molar-refractivity contribution in [3.8, 4) is 0 Å². The van der Waals surface area contributed by atoms with Gasteiger partial charge in [0.2, 0.25) is 0 Å². The van der Waals surface area contributed by atoms with Gasteiger partial charge in [-0.1, -0.05) is 23.2 Å². The third kappa shape index (κ3) is 2.25. The molecule has 2 heterocycles. The molecule has 2 aromatic rings. The van der Waals surface area contributed by atoms with Gasteiger partial charge in [0, 0.05) is 6.20 Å². The van der Waals surface area contributed by atoms with E-state index in [1.165, 1.54) is 4.52 Å². The minimum Gasteiger partial charge on any atom is -0.461 e. The van der Waals surface area contributed by atoms with Gasteiger partial charge in [-0.25, -0.2) is 14.3 Å². The second-order valence-corrected chi connectivity index (χ2v) is 4.62. The summed E-state index contributed by atoms with van der Waals surface area (Å²) in [5, 5.41) is 4.26. The molecule has 0 amide bonds. The Morgan fingerprint density at radius 2 is 2.29 bits per heavy atom. The number of halogens is 3. The van der Waals surface area contributed by atoms with Crippen LogP contribution in [0.2, 0.25) is 10.2 Å². The van der Waals surface area contributed by atoms with E-state index in [4.69, 9.17) is 27.9 Å². The molecular weight excluding hydrogens is 333 g/mol. The number of aromatic nitrogens is 3. The summed E-state index contributed by atoms with van der Waals surface area (Å²) >= 11 is 14.9. The molecule has 0 aliphatic carbocycles. The summed E-state index contributed by atoms with van der Waals surface area (Å²) in [6.07, 6.45) is 1.55. The summed E-state index contributed by atoms with van der Waals surface area (Å²) in [5.74, 6) is -0.532. The predicted molar refractivity (Wildman–Crippen MR) is 66.7 cm³/mol. The lowest BCUT2D eigenvalue weighted by Gasteiger charge is -2.03. The Balaban J connectivity index is 2.61. The van der Waals surface area contributed by atoms with Crippen LogP contribution in [0.4, 0.5) is 0 Å². The largest absolute Gasteiger partial charge is 0.461 e. The van der Waals surface area contributed by atoms with E-state index in [1.54, 1.807) is 13.1 Å². The molecule has 2 rings (SSSR count).